The Morgan fingerprint density at radius 2 is 2.28 bits per heavy atom. The lowest BCUT2D eigenvalue weighted by molar-refractivity contribution is -0.146. The van der Waals surface area contributed by atoms with Gasteiger partial charge in [-0.2, -0.15) is 11.8 Å². The molecule has 0 bridgehead atoms. The van der Waals surface area contributed by atoms with Gasteiger partial charge in [-0.05, 0) is 38.5 Å². The molecule has 0 aromatic rings. The number of carboxylic acids is 1. The van der Waals surface area contributed by atoms with Crippen LogP contribution in [-0.4, -0.2) is 47.4 Å². The van der Waals surface area contributed by atoms with Gasteiger partial charge in [-0.1, -0.05) is 0 Å². The second-order valence-corrected chi connectivity index (χ2v) is 6.80. The molecule has 0 aliphatic heterocycles. The summed E-state index contributed by atoms with van der Waals surface area (Å²) in [6.45, 7) is 0.747. The zero-order chi connectivity index (χ0) is 13.0. The third-order valence-corrected chi connectivity index (χ3v) is 5.09. The number of aliphatic carboxylic acids is 1. The first-order valence-corrected chi connectivity index (χ1v) is 7.83. The molecule has 4 nitrogen and oxygen atoms in total. The van der Waals surface area contributed by atoms with Gasteiger partial charge in [-0.25, -0.2) is 0 Å². The Balaban J connectivity index is 1.90. The van der Waals surface area contributed by atoms with Crippen molar-refractivity contribution in [3.05, 3.63) is 0 Å². The average molecular weight is 273 g/mol. The smallest absolute Gasteiger partial charge is 0.323 e. The molecule has 0 radical (unpaired) electrons. The Morgan fingerprint density at radius 3 is 2.89 bits per heavy atom. The van der Waals surface area contributed by atoms with E-state index in [1.54, 1.807) is 7.11 Å². The van der Waals surface area contributed by atoms with Gasteiger partial charge in [0, 0.05) is 24.2 Å². The van der Waals surface area contributed by atoms with E-state index in [0.717, 1.165) is 50.9 Å². The summed E-state index contributed by atoms with van der Waals surface area (Å²) >= 11 is 1.86. The molecule has 2 aliphatic rings. The highest BCUT2D eigenvalue weighted by Gasteiger charge is 2.45. The van der Waals surface area contributed by atoms with Crippen LogP contribution in [0.4, 0.5) is 0 Å². The number of carbonyl (C=O) groups is 1. The quantitative estimate of drug-likeness (QED) is 0.694. The van der Waals surface area contributed by atoms with Crippen molar-refractivity contribution in [3.8, 4) is 0 Å². The number of hydrogen-bond donors (Lipinski definition) is 2. The summed E-state index contributed by atoms with van der Waals surface area (Å²) in [5.41, 5.74) is -0.663. The summed E-state index contributed by atoms with van der Waals surface area (Å²) in [7, 11) is 1.71. The molecule has 0 aromatic carbocycles. The van der Waals surface area contributed by atoms with E-state index in [0.29, 0.717) is 11.3 Å². The molecule has 2 rings (SSSR count). The van der Waals surface area contributed by atoms with Crippen molar-refractivity contribution in [3.63, 3.8) is 0 Å². The van der Waals surface area contributed by atoms with E-state index in [1.165, 1.54) is 0 Å². The lowest BCUT2D eigenvalue weighted by Crippen LogP contribution is -2.56. The fraction of sp³-hybridized carbons (Fsp3) is 0.923. The minimum absolute atomic E-state index is 0.448. The molecule has 0 amide bonds. The summed E-state index contributed by atoms with van der Waals surface area (Å²) in [5.74, 6) is 0.298. The molecule has 2 N–H and O–H groups in total. The maximum Gasteiger partial charge on any atom is 0.323 e. The topological polar surface area (TPSA) is 58.6 Å². The van der Waals surface area contributed by atoms with Crippen molar-refractivity contribution < 1.29 is 14.6 Å². The zero-order valence-corrected chi connectivity index (χ0v) is 11.8. The Morgan fingerprint density at radius 1 is 1.50 bits per heavy atom. The molecule has 0 saturated heterocycles. The zero-order valence-electron chi connectivity index (χ0n) is 11.0. The molecule has 18 heavy (non-hydrogen) atoms. The molecule has 0 heterocycles. The van der Waals surface area contributed by atoms with E-state index >= 15 is 0 Å². The number of methoxy groups -OCH3 is 1. The van der Waals surface area contributed by atoms with E-state index in [-0.39, 0.29) is 0 Å². The molecule has 2 aliphatic carbocycles. The molecule has 2 atom stereocenters. The van der Waals surface area contributed by atoms with E-state index in [2.05, 4.69) is 5.32 Å². The van der Waals surface area contributed by atoms with E-state index in [1.807, 2.05) is 11.8 Å². The van der Waals surface area contributed by atoms with Gasteiger partial charge in [0.05, 0.1) is 6.61 Å². The van der Waals surface area contributed by atoms with Gasteiger partial charge >= 0.3 is 5.97 Å². The summed E-state index contributed by atoms with van der Waals surface area (Å²) < 4.78 is 5.05. The molecule has 2 fully saturated rings. The van der Waals surface area contributed by atoms with Crippen molar-refractivity contribution in [2.24, 2.45) is 0 Å². The van der Waals surface area contributed by atoms with Crippen LogP contribution < -0.4 is 5.32 Å². The molecule has 104 valence electrons. The van der Waals surface area contributed by atoms with Crippen LogP contribution in [0.3, 0.4) is 0 Å². The molecule has 0 aromatic heterocycles. The predicted molar refractivity (Wildman–Crippen MR) is 73.1 cm³/mol. The first kappa shape index (κ1) is 14.2. The minimum Gasteiger partial charge on any atom is -0.480 e. The van der Waals surface area contributed by atoms with Crippen LogP contribution in [0.1, 0.15) is 38.5 Å². The van der Waals surface area contributed by atoms with Crippen molar-refractivity contribution >= 4 is 17.7 Å². The number of hydrogen-bond acceptors (Lipinski definition) is 4. The number of ether oxygens (including phenoxy) is 1. The third kappa shape index (κ3) is 3.62. The van der Waals surface area contributed by atoms with E-state index in [4.69, 9.17) is 4.74 Å². The standard InChI is InChI=1S/C13H23NO3S/c1-17-7-8-18-11-3-2-6-13(9-11,12(15)16)14-10-4-5-10/h10-11,14H,2-9H2,1H3,(H,15,16). The van der Waals surface area contributed by atoms with Crippen LogP contribution in [0.2, 0.25) is 0 Å². The van der Waals surface area contributed by atoms with Crippen molar-refractivity contribution in [2.75, 3.05) is 19.5 Å². The lowest BCUT2D eigenvalue weighted by atomic mass is 9.81. The monoisotopic (exact) mass is 273 g/mol. The summed E-state index contributed by atoms with van der Waals surface area (Å²) in [4.78, 5) is 11.6. The van der Waals surface area contributed by atoms with Crippen LogP contribution in [0, 0.1) is 0 Å². The highest BCUT2D eigenvalue weighted by molar-refractivity contribution is 7.99. The van der Waals surface area contributed by atoms with Crippen molar-refractivity contribution in [2.45, 2.75) is 55.4 Å². The summed E-state index contributed by atoms with van der Waals surface area (Å²) in [6.07, 6.45) is 5.95. The van der Waals surface area contributed by atoms with Crippen molar-refractivity contribution in [1.82, 2.24) is 5.32 Å². The molecule has 2 saturated carbocycles. The second-order valence-electron chi connectivity index (χ2n) is 5.39. The molecular weight excluding hydrogens is 250 g/mol. The fourth-order valence-corrected chi connectivity index (χ4v) is 4.00. The van der Waals surface area contributed by atoms with Gasteiger partial charge < -0.3 is 9.84 Å². The SMILES string of the molecule is COCCSC1CCCC(NC2CC2)(C(=O)O)C1. The normalized spacial score (nSPS) is 32.4. The van der Waals surface area contributed by atoms with E-state index < -0.39 is 11.5 Å². The predicted octanol–water partition coefficient (Wildman–Crippen LogP) is 1.88. The lowest BCUT2D eigenvalue weighted by Gasteiger charge is -2.38. The fourth-order valence-electron chi connectivity index (χ4n) is 2.67. The largest absolute Gasteiger partial charge is 0.480 e. The molecular formula is C13H23NO3S. The third-order valence-electron chi connectivity index (χ3n) is 3.81. The number of rotatable bonds is 7. The number of nitrogens with one attached hydrogen (secondary N) is 1. The van der Waals surface area contributed by atoms with Crippen LogP contribution in [0.25, 0.3) is 0 Å². The van der Waals surface area contributed by atoms with Gasteiger partial charge in [0.15, 0.2) is 0 Å². The van der Waals surface area contributed by atoms with Crippen LogP contribution in [0.15, 0.2) is 0 Å². The first-order valence-electron chi connectivity index (χ1n) is 6.78. The molecule has 5 heteroatoms. The number of carboxylic acid groups (broad SMARTS) is 1. The Bertz CT molecular complexity index is 296. The number of thioether (sulfide) groups is 1. The van der Waals surface area contributed by atoms with Crippen LogP contribution in [0.5, 0.6) is 0 Å². The van der Waals surface area contributed by atoms with Gasteiger partial charge in [0.2, 0.25) is 0 Å². The van der Waals surface area contributed by atoms with Gasteiger partial charge in [0.1, 0.15) is 5.54 Å². The van der Waals surface area contributed by atoms with Crippen LogP contribution in [-0.2, 0) is 9.53 Å². The van der Waals surface area contributed by atoms with E-state index in [9.17, 15) is 9.90 Å². The maximum absolute atomic E-state index is 11.6. The van der Waals surface area contributed by atoms with Crippen LogP contribution >= 0.6 is 11.8 Å². The molecule has 0 spiro atoms. The summed E-state index contributed by atoms with van der Waals surface area (Å²) in [5, 5.41) is 13.4. The Kier molecular flexibility index (Phi) is 4.92. The summed E-state index contributed by atoms with van der Waals surface area (Å²) in [6, 6.07) is 0.448. The highest BCUT2D eigenvalue weighted by Crippen LogP contribution is 2.37. The minimum atomic E-state index is -0.663. The van der Waals surface area contributed by atoms with Gasteiger partial charge in [0.25, 0.3) is 0 Å². The van der Waals surface area contributed by atoms with Gasteiger partial charge in [-0.15, -0.1) is 0 Å². The highest BCUT2D eigenvalue weighted by atomic mass is 32.2. The Labute approximate surface area is 113 Å². The van der Waals surface area contributed by atoms with Gasteiger partial charge in [-0.3, -0.25) is 10.1 Å². The maximum atomic E-state index is 11.6. The first-order chi connectivity index (χ1) is 8.66. The van der Waals surface area contributed by atoms with Crippen molar-refractivity contribution in [1.29, 1.82) is 0 Å². The Hall–Kier alpha value is -0.260. The second kappa shape index (κ2) is 6.26. The molecule has 2 unspecified atom stereocenters. The average Bonchev–Trinajstić information content (AvgIpc) is 3.13.